The summed E-state index contributed by atoms with van der Waals surface area (Å²) in [4.78, 5) is 23.1. The maximum absolute atomic E-state index is 11.0. The fraction of sp³-hybridized carbons (Fsp3) is 0.778. The SMILES string of the molecule is COC(=O)CC1CCCCN1C(=O)O. The van der Waals surface area contributed by atoms with Gasteiger partial charge in [-0.15, -0.1) is 0 Å². The second kappa shape index (κ2) is 4.83. The lowest BCUT2D eigenvalue weighted by molar-refractivity contribution is -0.142. The van der Waals surface area contributed by atoms with Gasteiger partial charge in [-0.05, 0) is 19.3 Å². The minimum absolute atomic E-state index is 0.169. The maximum Gasteiger partial charge on any atom is 0.407 e. The zero-order valence-electron chi connectivity index (χ0n) is 8.23. The number of amides is 1. The normalized spacial score (nSPS) is 21.8. The van der Waals surface area contributed by atoms with Gasteiger partial charge in [-0.3, -0.25) is 4.79 Å². The van der Waals surface area contributed by atoms with E-state index < -0.39 is 6.09 Å². The molecule has 14 heavy (non-hydrogen) atoms. The minimum Gasteiger partial charge on any atom is -0.469 e. The summed E-state index contributed by atoms with van der Waals surface area (Å²) in [6, 6.07) is -0.200. The van der Waals surface area contributed by atoms with Crippen molar-refractivity contribution in [1.29, 1.82) is 0 Å². The summed E-state index contributed by atoms with van der Waals surface area (Å²) < 4.78 is 4.52. The highest BCUT2D eigenvalue weighted by atomic mass is 16.5. The molecule has 0 spiro atoms. The van der Waals surface area contributed by atoms with Crippen LogP contribution in [0.5, 0.6) is 0 Å². The van der Waals surface area contributed by atoms with Crippen molar-refractivity contribution in [3.05, 3.63) is 0 Å². The van der Waals surface area contributed by atoms with Crippen LogP contribution in [0.25, 0.3) is 0 Å². The summed E-state index contributed by atoms with van der Waals surface area (Å²) in [6.07, 6.45) is 1.83. The second-order valence-corrected chi connectivity index (χ2v) is 3.41. The topological polar surface area (TPSA) is 66.8 Å². The Bertz CT molecular complexity index is 229. The third kappa shape index (κ3) is 2.61. The average molecular weight is 201 g/mol. The molecule has 5 nitrogen and oxygen atoms in total. The fourth-order valence-corrected chi connectivity index (χ4v) is 1.74. The number of carbonyl (C=O) groups is 2. The van der Waals surface area contributed by atoms with Gasteiger partial charge in [0, 0.05) is 12.6 Å². The third-order valence-electron chi connectivity index (χ3n) is 2.50. The Balaban J connectivity index is 2.54. The van der Waals surface area contributed by atoms with Crippen molar-refractivity contribution in [2.45, 2.75) is 31.7 Å². The lowest BCUT2D eigenvalue weighted by atomic mass is 10.00. The van der Waals surface area contributed by atoms with E-state index in [1.54, 1.807) is 0 Å². The van der Waals surface area contributed by atoms with Gasteiger partial charge in [-0.1, -0.05) is 0 Å². The summed E-state index contributed by atoms with van der Waals surface area (Å²) in [5.74, 6) is -0.344. The van der Waals surface area contributed by atoms with Crippen molar-refractivity contribution in [3.63, 3.8) is 0 Å². The fourth-order valence-electron chi connectivity index (χ4n) is 1.74. The Labute approximate surface area is 82.6 Å². The van der Waals surface area contributed by atoms with E-state index in [0.717, 1.165) is 19.3 Å². The third-order valence-corrected chi connectivity index (χ3v) is 2.50. The zero-order chi connectivity index (χ0) is 10.6. The van der Waals surface area contributed by atoms with Gasteiger partial charge in [0.15, 0.2) is 0 Å². The minimum atomic E-state index is -0.946. The molecule has 1 saturated heterocycles. The van der Waals surface area contributed by atoms with Gasteiger partial charge in [0.05, 0.1) is 13.5 Å². The van der Waals surface area contributed by atoms with Crippen molar-refractivity contribution >= 4 is 12.1 Å². The number of carbonyl (C=O) groups excluding carboxylic acids is 1. The van der Waals surface area contributed by atoms with E-state index in [1.165, 1.54) is 12.0 Å². The number of piperidine rings is 1. The lowest BCUT2D eigenvalue weighted by Crippen LogP contribution is -2.44. The molecule has 1 rings (SSSR count). The van der Waals surface area contributed by atoms with Crippen molar-refractivity contribution in [3.8, 4) is 0 Å². The predicted octanol–water partition coefficient (Wildman–Crippen LogP) is 1.08. The highest BCUT2D eigenvalue weighted by molar-refractivity contribution is 5.72. The molecule has 0 aromatic carbocycles. The van der Waals surface area contributed by atoms with Gasteiger partial charge >= 0.3 is 12.1 Å². The molecule has 0 aliphatic carbocycles. The van der Waals surface area contributed by atoms with Crippen LogP contribution in [0.1, 0.15) is 25.7 Å². The second-order valence-electron chi connectivity index (χ2n) is 3.41. The summed E-state index contributed by atoms with van der Waals surface area (Å²) in [5, 5.41) is 8.87. The summed E-state index contributed by atoms with van der Waals surface area (Å²) in [7, 11) is 1.32. The maximum atomic E-state index is 11.0. The van der Waals surface area contributed by atoms with E-state index in [0.29, 0.717) is 6.54 Å². The number of hydrogen-bond donors (Lipinski definition) is 1. The van der Waals surface area contributed by atoms with Crippen LogP contribution in [-0.4, -0.2) is 41.8 Å². The van der Waals surface area contributed by atoms with Crippen molar-refractivity contribution in [1.82, 2.24) is 4.90 Å². The Morgan fingerprint density at radius 2 is 2.21 bits per heavy atom. The molecule has 1 amide bonds. The molecular weight excluding hydrogens is 186 g/mol. The summed E-state index contributed by atoms with van der Waals surface area (Å²) >= 11 is 0. The first-order valence-electron chi connectivity index (χ1n) is 4.71. The van der Waals surface area contributed by atoms with Gasteiger partial charge < -0.3 is 14.7 Å². The molecule has 1 heterocycles. The Hall–Kier alpha value is -1.26. The number of esters is 1. The monoisotopic (exact) mass is 201 g/mol. The van der Waals surface area contributed by atoms with Crippen LogP contribution >= 0.6 is 0 Å². The number of nitrogens with zero attached hydrogens (tertiary/aromatic N) is 1. The van der Waals surface area contributed by atoms with Crippen LogP contribution in [0.15, 0.2) is 0 Å². The molecule has 1 atom stereocenters. The van der Waals surface area contributed by atoms with E-state index in [4.69, 9.17) is 5.11 Å². The molecule has 0 aromatic heterocycles. The van der Waals surface area contributed by atoms with E-state index in [-0.39, 0.29) is 18.4 Å². The standard InChI is InChI=1S/C9H15NO4/c1-14-8(11)6-7-4-2-3-5-10(7)9(12)13/h7H,2-6H2,1H3,(H,12,13). The Kier molecular flexibility index (Phi) is 3.73. The van der Waals surface area contributed by atoms with Crippen LogP contribution < -0.4 is 0 Å². The predicted molar refractivity (Wildman–Crippen MR) is 49.0 cm³/mol. The quantitative estimate of drug-likeness (QED) is 0.679. The van der Waals surface area contributed by atoms with E-state index in [2.05, 4.69) is 4.74 Å². The van der Waals surface area contributed by atoms with E-state index in [1.807, 2.05) is 0 Å². The van der Waals surface area contributed by atoms with Crippen molar-refractivity contribution in [2.24, 2.45) is 0 Å². The summed E-state index contributed by atoms with van der Waals surface area (Å²) in [6.45, 7) is 0.525. The molecule has 1 N–H and O–H groups in total. The van der Waals surface area contributed by atoms with Gasteiger partial charge in [-0.25, -0.2) is 4.79 Å². The molecule has 0 saturated carbocycles. The molecule has 0 bridgehead atoms. The molecular formula is C9H15NO4. The molecule has 0 radical (unpaired) electrons. The molecule has 1 aliphatic heterocycles. The first-order chi connectivity index (χ1) is 6.65. The number of hydrogen-bond acceptors (Lipinski definition) is 3. The van der Waals surface area contributed by atoms with Crippen LogP contribution in [0, 0.1) is 0 Å². The van der Waals surface area contributed by atoms with Crippen molar-refractivity contribution < 1.29 is 19.4 Å². The summed E-state index contributed by atoms with van der Waals surface area (Å²) in [5.41, 5.74) is 0. The van der Waals surface area contributed by atoms with Gasteiger partial charge in [0.2, 0.25) is 0 Å². The number of likely N-dealkylation sites (tertiary alicyclic amines) is 1. The first kappa shape index (κ1) is 10.8. The number of ether oxygens (including phenoxy) is 1. The number of rotatable bonds is 2. The smallest absolute Gasteiger partial charge is 0.407 e. The molecule has 0 aromatic rings. The molecule has 5 heteroatoms. The Morgan fingerprint density at radius 3 is 2.79 bits per heavy atom. The van der Waals surface area contributed by atoms with Gasteiger partial charge in [0.25, 0.3) is 0 Å². The average Bonchev–Trinajstić information content (AvgIpc) is 2.18. The first-order valence-corrected chi connectivity index (χ1v) is 4.71. The molecule has 1 fully saturated rings. The highest BCUT2D eigenvalue weighted by Crippen LogP contribution is 2.19. The Morgan fingerprint density at radius 1 is 1.50 bits per heavy atom. The largest absolute Gasteiger partial charge is 0.469 e. The van der Waals surface area contributed by atoms with Crippen LogP contribution in [-0.2, 0) is 9.53 Å². The number of carboxylic acid groups (broad SMARTS) is 1. The van der Waals surface area contributed by atoms with Crippen LogP contribution in [0.3, 0.4) is 0 Å². The van der Waals surface area contributed by atoms with Crippen LogP contribution in [0.4, 0.5) is 4.79 Å². The lowest BCUT2D eigenvalue weighted by Gasteiger charge is -2.32. The van der Waals surface area contributed by atoms with Crippen LogP contribution in [0.2, 0.25) is 0 Å². The molecule has 1 unspecified atom stereocenters. The van der Waals surface area contributed by atoms with Crippen molar-refractivity contribution in [2.75, 3.05) is 13.7 Å². The van der Waals surface area contributed by atoms with Gasteiger partial charge in [-0.2, -0.15) is 0 Å². The molecule has 80 valence electrons. The van der Waals surface area contributed by atoms with Gasteiger partial charge in [0.1, 0.15) is 0 Å². The molecule has 1 aliphatic rings. The van der Waals surface area contributed by atoms with E-state index >= 15 is 0 Å². The van der Waals surface area contributed by atoms with E-state index in [9.17, 15) is 9.59 Å². The zero-order valence-corrected chi connectivity index (χ0v) is 8.23. The highest BCUT2D eigenvalue weighted by Gasteiger charge is 2.28. The number of methoxy groups -OCH3 is 1.